The van der Waals surface area contributed by atoms with Crippen LogP contribution in [0.4, 0.5) is 4.79 Å². The maximum Gasteiger partial charge on any atom is 0.337 e. The van der Waals surface area contributed by atoms with Gasteiger partial charge in [0.25, 0.3) is 0 Å². The van der Waals surface area contributed by atoms with E-state index in [0.717, 1.165) is 43.4 Å². The van der Waals surface area contributed by atoms with Crippen LogP contribution in [0.25, 0.3) is 0 Å². The number of carbonyl (C=O) groups is 1. The molecule has 1 aromatic carbocycles. The Hall–Kier alpha value is -1.84. The molecule has 2 amide bonds. The van der Waals surface area contributed by atoms with Crippen LogP contribution < -0.4 is 5.32 Å². The first kappa shape index (κ1) is 19.5. The van der Waals surface area contributed by atoms with E-state index in [2.05, 4.69) is 50.4 Å². The van der Waals surface area contributed by atoms with Gasteiger partial charge < -0.3 is 5.32 Å². The summed E-state index contributed by atoms with van der Waals surface area (Å²) < 4.78 is 0. The molecule has 3 aliphatic carbocycles. The van der Waals surface area contributed by atoms with Gasteiger partial charge in [0.15, 0.2) is 0 Å². The van der Waals surface area contributed by atoms with Crippen molar-refractivity contribution in [2.75, 3.05) is 13.1 Å². The molecule has 0 radical (unpaired) electrons. The number of rotatable bonds is 6. The number of hydrazone groups is 1. The standard InChI is InChI=1S/C24H35N3O/c1-4-5-11-22-20(17-9-7-6-8-10-17)16-27(26-22)23(28)25-15-18-12-13-19-14-21(18)24(19,2)3/h6-10,18-21H,4-5,11-16H2,1-3H3,(H,25,28)/t18-,19-,20?,21-/m0/s1. The Balaban J connectivity index is 1.38. The Morgan fingerprint density at radius 1 is 1.25 bits per heavy atom. The van der Waals surface area contributed by atoms with E-state index >= 15 is 0 Å². The first-order valence-electron chi connectivity index (χ1n) is 11.2. The molecule has 28 heavy (non-hydrogen) atoms. The van der Waals surface area contributed by atoms with E-state index in [1.165, 1.54) is 24.8 Å². The fourth-order valence-electron chi connectivity index (χ4n) is 5.75. The summed E-state index contributed by atoms with van der Waals surface area (Å²) in [5.41, 5.74) is 2.89. The molecule has 1 aliphatic heterocycles. The number of unbranched alkanes of at least 4 members (excludes halogenated alkanes) is 1. The quantitative estimate of drug-likeness (QED) is 0.703. The van der Waals surface area contributed by atoms with E-state index < -0.39 is 0 Å². The molecule has 4 heteroatoms. The van der Waals surface area contributed by atoms with E-state index in [4.69, 9.17) is 5.10 Å². The predicted octanol–water partition coefficient (Wildman–Crippen LogP) is 5.41. The summed E-state index contributed by atoms with van der Waals surface area (Å²) in [6.45, 7) is 8.49. The molecule has 3 fully saturated rings. The Bertz CT molecular complexity index is 725. The van der Waals surface area contributed by atoms with Crippen LogP contribution in [0.1, 0.15) is 70.8 Å². The molecule has 4 aliphatic rings. The van der Waals surface area contributed by atoms with Crippen molar-refractivity contribution in [1.82, 2.24) is 10.3 Å². The van der Waals surface area contributed by atoms with Gasteiger partial charge in [0.1, 0.15) is 0 Å². The topological polar surface area (TPSA) is 44.7 Å². The Kier molecular flexibility index (Phi) is 5.48. The summed E-state index contributed by atoms with van der Waals surface area (Å²) in [5.74, 6) is 2.53. The molecular formula is C24H35N3O. The number of amides is 2. The van der Waals surface area contributed by atoms with Gasteiger partial charge in [-0.1, -0.05) is 57.5 Å². The number of urea groups is 1. The smallest absolute Gasteiger partial charge is 0.336 e. The maximum atomic E-state index is 12.9. The third kappa shape index (κ3) is 3.58. The average molecular weight is 382 g/mol. The minimum absolute atomic E-state index is 0.0216. The van der Waals surface area contributed by atoms with Gasteiger partial charge in [-0.15, -0.1) is 0 Å². The SMILES string of the molecule is CCCCC1=NN(C(=O)NC[C@@H]2CC[C@H]3C[C@@H]2C3(C)C)CC1c1ccccc1. The van der Waals surface area contributed by atoms with Crippen molar-refractivity contribution in [2.24, 2.45) is 28.3 Å². The molecule has 3 saturated carbocycles. The first-order chi connectivity index (χ1) is 13.5. The van der Waals surface area contributed by atoms with Crippen LogP contribution in [0.3, 0.4) is 0 Å². The predicted molar refractivity (Wildman–Crippen MR) is 114 cm³/mol. The van der Waals surface area contributed by atoms with E-state index in [-0.39, 0.29) is 11.9 Å². The molecule has 1 N–H and O–H groups in total. The van der Waals surface area contributed by atoms with Gasteiger partial charge >= 0.3 is 6.03 Å². The Morgan fingerprint density at radius 2 is 2.04 bits per heavy atom. The summed E-state index contributed by atoms with van der Waals surface area (Å²) in [5, 5.41) is 9.64. The van der Waals surface area contributed by atoms with E-state index in [0.29, 0.717) is 17.9 Å². The number of hydrogen-bond acceptors (Lipinski definition) is 2. The van der Waals surface area contributed by atoms with Crippen molar-refractivity contribution < 1.29 is 4.79 Å². The zero-order valence-electron chi connectivity index (χ0n) is 17.7. The van der Waals surface area contributed by atoms with Crippen LogP contribution in [0, 0.1) is 23.2 Å². The second kappa shape index (κ2) is 7.88. The third-order valence-electron chi connectivity index (χ3n) is 7.75. The normalized spacial score (nSPS) is 30.5. The highest BCUT2D eigenvalue weighted by atomic mass is 16.2. The molecule has 4 nitrogen and oxygen atoms in total. The summed E-state index contributed by atoms with van der Waals surface area (Å²) in [4.78, 5) is 12.9. The van der Waals surface area contributed by atoms with Crippen molar-refractivity contribution in [3.8, 4) is 0 Å². The number of nitrogens with one attached hydrogen (secondary N) is 1. The molecule has 1 aromatic rings. The molecular weight excluding hydrogens is 346 g/mol. The molecule has 1 heterocycles. The second-order valence-corrected chi connectivity index (χ2v) is 9.62. The molecule has 1 unspecified atom stereocenters. The van der Waals surface area contributed by atoms with Crippen LogP contribution in [-0.4, -0.2) is 29.8 Å². The number of hydrogen-bond donors (Lipinski definition) is 1. The first-order valence-corrected chi connectivity index (χ1v) is 11.2. The summed E-state index contributed by atoms with van der Waals surface area (Å²) in [6, 6.07) is 10.5. The van der Waals surface area contributed by atoms with E-state index in [1.54, 1.807) is 5.01 Å². The van der Waals surface area contributed by atoms with Gasteiger partial charge in [-0.05, 0) is 60.8 Å². The van der Waals surface area contributed by atoms with Crippen LogP contribution in [0.2, 0.25) is 0 Å². The number of nitrogens with zero attached hydrogens (tertiary/aromatic N) is 2. The zero-order valence-corrected chi connectivity index (χ0v) is 17.7. The van der Waals surface area contributed by atoms with Crippen molar-refractivity contribution in [1.29, 1.82) is 0 Å². The van der Waals surface area contributed by atoms with Crippen molar-refractivity contribution in [2.45, 2.75) is 65.2 Å². The number of benzene rings is 1. The zero-order chi connectivity index (χ0) is 19.7. The summed E-state index contributed by atoms with van der Waals surface area (Å²) in [6.07, 6.45) is 7.18. The minimum atomic E-state index is -0.0216. The van der Waals surface area contributed by atoms with Crippen LogP contribution in [0.5, 0.6) is 0 Å². The monoisotopic (exact) mass is 381 g/mol. The lowest BCUT2D eigenvalue weighted by molar-refractivity contribution is -0.103. The van der Waals surface area contributed by atoms with Crippen molar-refractivity contribution >= 4 is 11.7 Å². The van der Waals surface area contributed by atoms with E-state index in [9.17, 15) is 4.79 Å². The van der Waals surface area contributed by atoms with Crippen molar-refractivity contribution in [3.05, 3.63) is 35.9 Å². The fourth-order valence-corrected chi connectivity index (χ4v) is 5.75. The highest BCUT2D eigenvalue weighted by molar-refractivity contribution is 5.94. The van der Waals surface area contributed by atoms with Crippen LogP contribution in [-0.2, 0) is 0 Å². The van der Waals surface area contributed by atoms with Gasteiger partial charge in [-0.25, -0.2) is 9.80 Å². The molecule has 152 valence electrons. The second-order valence-electron chi connectivity index (χ2n) is 9.62. The van der Waals surface area contributed by atoms with Gasteiger partial charge in [-0.2, -0.15) is 5.10 Å². The maximum absolute atomic E-state index is 12.9. The highest BCUT2D eigenvalue weighted by Crippen LogP contribution is 2.61. The van der Waals surface area contributed by atoms with Gasteiger partial charge in [0, 0.05) is 18.2 Å². The molecule has 0 spiro atoms. The van der Waals surface area contributed by atoms with Crippen LogP contribution in [0.15, 0.2) is 35.4 Å². The van der Waals surface area contributed by atoms with Gasteiger partial charge in [0.2, 0.25) is 0 Å². The molecule has 0 aromatic heterocycles. The average Bonchev–Trinajstić information content (AvgIpc) is 3.15. The summed E-state index contributed by atoms with van der Waals surface area (Å²) >= 11 is 0. The number of carbonyl (C=O) groups excluding carboxylic acids is 1. The summed E-state index contributed by atoms with van der Waals surface area (Å²) in [7, 11) is 0. The molecule has 4 atom stereocenters. The minimum Gasteiger partial charge on any atom is -0.336 e. The lowest BCUT2D eigenvalue weighted by Gasteiger charge is -2.60. The fraction of sp³-hybridized carbons (Fsp3) is 0.667. The molecule has 0 saturated heterocycles. The Labute approximate surface area is 169 Å². The van der Waals surface area contributed by atoms with Crippen molar-refractivity contribution in [3.63, 3.8) is 0 Å². The van der Waals surface area contributed by atoms with Gasteiger partial charge in [-0.3, -0.25) is 0 Å². The largest absolute Gasteiger partial charge is 0.337 e. The Morgan fingerprint density at radius 3 is 2.71 bits per heavy atom. The molecule has 5 rings (SSSR count). The lowest BCUT2D eigenvalue weighted by Crippen LogP contribution is -2.55. The number of fused-ring (bicyclic) bond motifs is 2. The molecule has 2 bridgehead atoms. The van der Waals surface area contributed by atoms with E-state index in [1.807, 2.05) is 6.07 Å². The lowest BCUT2D eigenvalue weighted by atomic mass is 9.45. The third-order valence-corrected chi connectivity index (χ3v) is 7.75. The highest BCUT2D eigenvalue weighted by Gasteiger charge is 2.54. The van der Waals surface area contributed by atoms with Crippen LogP contribution >= 0.6 is 0 Å². The van der Waals surface area contributed by atoms with Gasteiger partial charge in [0.05, 0.1) is 6.54 Å².